The van der Waals surface area contributed by atoms with Crippen molar-refractivity contribution < 1.29 is 0 Å². The minimum atomic E-state index is 1.04. The molecule has 1 aromatic carbocycles. The van der Waals surface area contributed by atoms with Crippen molar-refractivity contribution >= 4 is 0 Å². The Labute approximate surface area is 68.6 Å². The minimum Gasteiger partial charge on any atom is -0.0815 e. The maximum Gasteiger partial charge on any atom is -0.00950 e. The number of hydrogen-bond acceptors (Lipinski definition) is 0. The Hall–Kier alpha value is -1.04. The Morgan fingerprint density at radius 3 is 2.55 bits per heavy atom. The minimum absolute atomic E-state index is 1.04. The van der Waals surface area contributed by atoms with Gasteiger partial charge in [-0.25, -0.2) is 0 Å². The van der Waals surface area contributed by atoms with Crippen LogP contribution in [0.2, 0.25) is 0 Å². The molecule has 0 N–H and O–H groups in total. The quantitative estimate of drug-likeness (QED) is 0.561. The number of rotatable bonds is 2. The maximum absolute atomic E-state index is 3.00. The van der Waals surface area contributed by atoms with Gasteiger partial charge in [0.15, 0.2) is 0 Å². The van der Waals surface area contributed by atoms with Crippen LogP contribution in [-0.4, -0.2) is 0 Å². The van der Waals surface area contributed by atoms with Gasteiger partial charge in [0, 0.05) is 0 Å². The molecule has 0 heteroatoms. The van der Waals surface area contributed by atoms with Crippen LogP contribution < -0.4 is 0 Å². The third kappa shape index (κ3) is 3.03. The van der Waals surface area contributed by atoms with E-state index in [9.17, 15) is 0 Å². The zero-order valence-corrected chi connectivity index (χ0v) is 7.09. The van der Waals surface area contributed by atoms with Crippen molar-refractivity contribution in [2.75, 3.05) is 0 Å². The predicted octanol–water partition coefficient (Wildman–Crippen LogP) is 3.00. The Balaban J connectivity index is 2.59. The first-order valence-electron chi connectivity index (χ1n) is 3.87. The monoisotopic (exact) mass is 145 g/mol. The highest BCUT2D eigenvalue weighted by Gasteiger charge is 1.85. The summed E-state index contributed by atoms with van der Waals surface area (Å²) in [4.78, 5) is 0. The van der Waals surface area contributed by atoms with Crippen molar-refractivity contribution in [3.63, 3.8) is 0 Å². The van der Waals surface area contributed by atoms with E-state index in [1.807, 2.05) is 12.1 Å². The summed E-state index contributed by atoms with van der Waals surface area (Å²) in [5.74, 6) is 0. The Bertz CT molecular complexity index is 227. The van der Waals surface area contributed by atoms with Gasteiger partial charge in [0.25, 0.3) is 0 Å². The molecule has 0 aromatic heterocycles. The first kappa shape index (κ1) is 8.06. The van der Waals surface area contributed by atoms with E-state index < -0.39 is 0 Å². The molecule has 11 heavy (non-hydrogen) atoms. The lowest BCUT2D eigenvalue weighted by molar-refractivity contribution is 1.21. The summed E-state index contributed by atoms with van der Waals surface area (Å²) in [6.45, 7) is 4.24. The van der Waals surface area contributed by atoms with Gasteiger partial charge in [0.1, 0.15) is 0 Å². The molecule has 0 aliphatic rings. The van der Waals surface area contributed by atoms with Gasteiger partial charge in [-0.15, -0.1) is 0 Å². The lowest BCUT2D eigenvalue weighted by atomic mass is 10.1. The summed E-state index contributed by atoms with van der Waals surface area (Å²) in [5.41, 5.74) is 2.72. The van der Waals surface area contributed by atoms with Crippen LogP contribution in [0.25, 0.3) is 0 Å². The number of hydrogen-bond donors (Lipinski definition) is 0. The molecule has 0 fully saturated rings. The summed E-state index contributed by atoms with van der Waals surface area (Å²) in [6, 6.07) is 11.1. The molecular weight excluding hydrogens is 132 g/mol. The van der Waals surface area contributed by atoms with E-state index in [0.29, 0.717) is 0 Å². The summed E-state index contributed by atoms with van der Waals surface area (Å²) in [5, 5.41) is 0. The zero-order valence-electron chi connectivity index (χ0n) is 7.09. The molecule has 1 aromatic rings. The second kappa shape index (κ2) is 3.97. The van der Waals surface area contributed by atoms with E-state index in [1.165, 1.54) is 11.1 Å². The van der Waals surface area contributed by atoms with E-state index in [0.717, 1.165) is 6.42 Å². The van der Waals surface area contributed by atoms with Gasteiger partial charge >= 0.3 is 0 Å². The maximum atomic E-state index is 3.00. The molecule has 0 atom stereocenters. The first-order chi connectivity index (χ1) is 5.29. The molecular formula is C11H13. The topological polar surface area (TPSA) is 0 Å². The van der Waals surface area contributed by atoms with Gasteiger partial charge in [0.05, 0.1) is 0 Å². The van der Waals surface area contributed by atoms with Crippen LogP contribution in [0.4, 0.5) is 0 Å². The van der Waals surface area contributed by atoms with Crippen LogP contribution in [0, 0.1) is 6.07 Å². The number of allylic oxidation sites excluding steroid dienone is 2. The molecule has 1 rings (SSSR count). The highest BCUT2D eigenvalue weighted by Crippen LogP contribution is 2.01. The van der Waals surface area contributed by atoms with Crippen molar-refractivity contribution in [2.24, 2.45) is 0 Å². The lowest BCUT2D eigenvalue weighted by Crippen LogP contribution is -1.79. The fraction of sp³-hybridized carbons (Fsp3) is 0.273. The fourth-order valence-corrected chi connectivity index (χ4v) is 0.879. The molecule has 0 aliphatic carbocycles. The summed E-state index contributed by atoms with van der Waals surface area (Å²) < 4.78 is 0. The van der Waals surface area contributed by atoms with Gasteiger partial charge in [-0.2, -0.15) is 0 Å². The van der Waals surface area contributed by atoms with Gasteiger partial charge in [0.2, 0.25) is 0 Å². The van der Waals surface area contributed by atoms with Crippen LogP contribution >= 0.6 is 0 Å². The SMILES string of the molecule is CC(C)=CCc1cc[c]cc1. The molecule has 0 saturated carbocycles. The second-order valence-corrected chi connectivity index (χ2v) is 2.89. The van der Waals surface area contributed by atoms with Crippen molar-refractivity contribution in [2.45, 2.75) is 20.3 Å². The average Bonchev–Trinajstić information content (AvgIpc) is 2.03. The second-order valence-electron chi connectivity index (χ2n) is 2.89. The summed E-state index contributed by atoms with van der Waals surface area (Å²) in [6.07, 6.45) is 3.27. The third-order valence-corrected chi connectivity index (χ3v) is 1.53. The fourth-order valence-electron chi connectivity index (χ4n) is 0.879. The molecule has 0 aliphatic heterocycles. The normalized spacial score (nSPS) is 9.27. The molecule has 0 amide bonds. The molecule has 0 saturated heterocycles. The van der Waals surface area contributed by atoms with Crippen LogP contribution in [0.3, 0.4) is 0 Å². The van der Waals surface area contributed by atoms with Crippen LogP contribution in [-0.2, 0) is 6.42 Å². The van der Waals surface area contributed by atoms with Crippen LogP contribution in [0.5, 0.6) is 0 Å². The standard InChI is InChI=1S/C11H13/c1-10(2)8-9-11-6-4-3-5-7-11/h4-8H,9H2,1-2H3. The molecule has 1 radical (unpaired) electrons. The molecule has 0 nitrogen and oxygen atoms in total. The molecule has 57 valence electrons. The Morgan fingerprint density at radius 1 is 1.36 bits per heavy atom. The van der Waals surface area contributed by atoms with Crippen molar-refractivity contribution in [3.8, 4) is 0 Å². The molecule has 0 spiro atoms. The van der Waals surface area contributed by atoms with E-state index >= 15 is 0 Å². The van der Waals surface area contributed by atoms with Crippen molar-refractivity contribution in [3.05, 3.63) is 47.5 Å². The highest BCUT2D eigenvalue weighted by molar-refractivity contribution is 5.17. The third-order valence-electron chi connectivity index (χ3n) is 1.53. The first-order valence-corrected chi connectivity index (χ1v) is 3.87. The zero-order chi connectivity index (χ0) is 8.10. The van der Waals surface area contributed by atoms with E-state index in [1.54, 1.807) is 0 Å². The van der Waals surface area contributed by atoms with Gasteiger partial charge in [-0.3, -0.25) is 0 Å². The van der Waals surface area contributed by atoms with Gasteiger partial charge < -0.3 is 0 Å². The largest absolute Gasteiger partial charge is 0.0815 e. The van der Waals surface area contributed by atoms with Crippen molar-refractivity contribution in [1.29, 1.82) is 0 Å². The van der Waals surface area contributed by atoms with E-state index in [4.69, 9.17) is 0 Å². The lowest BCUT2D eigenvalue weighted by Gasteiger charge is -1.94. The van der Waals surface area contributed by atoms with Crippen LogP contribution in [0.15, 0.2) is 35.9 Å². The highest BCUT2D eigenvalue weighted by atomic mass is 13.9. The molecule has 0 bridgehead atoms. The Kier molecular flexibility index (Phi) is 2.91. The van der Waals surface area contributed by atoms with Gasteiger partial charge in [-0.05, 0) is 31.9 Å². The summed E-state index contributed by atoms with van der Waals surface area (Å²) in [7, 11) is 0. The number of benzene rings is 1. The summed E-state index contributed by atoms with van der Waals surface area (Å²) >= 11 is 0. The van der Waals surface area contributed by atoms with Gasteiger partial charge in [-0.1, -0.05) is 35.9 Å². The molecule has 0 heterocycles. The van der Waals surface area contributed by atoms with Crippen LogP contribution in [0.1, 0.15) is 19.4 Å². The average molecular weight is 145 g/mol. The van der Waals surface area contributed by atoms with Crippen molar-refractivity contribution in [1.82, 2.24) is 0 Å². The van der Waals surface area contributed by atoms with E-state index in [-0.39, 0.29) is 0 Å². The smallest absolute Gasteiger partial charge is 0.00950 e. The Morgan fingerprint density at radius 2 is 2.00 bits per heavy atom. The molecule has 0 unspecified atom stereocenters. The predicted molar refractivity (Wildman–Crippen MR) is 48.4 cm³/mol. The van der Waals surface area contributed by atoms with E-state index in [2.05, 4.69) is 38.1 Å².